The van der Waals surface area contributed by atoms with Crippen LogP contribution in [0, 0.1) is 10.8 Å². The van der Waals surface area contributed by atoms with E-state index in [-0.39, 0.29) is 12.0 Å². The van der Waals surface area contributed by atoms with Crippen molar-refractivity contribution in [2.24, 2.45) is 10.8 Å². The molecule has 1 aliphatic rings. The van der Waals surface area contributed by atoms with E-state index >= 15 is 0 Å². The van der Waals surface area contributed by atoms with Gasteiger partial charge in [-0.05, 0) is 35.7 Å². The molecule has 1 N–H and O–H groups in total. The Bertz CT molecular complexity index is 267. The third-order valence-corrected chi connectivity index (χ3v) is 4.16. The Labute approximate surface area is 93.9 Å². The van der Waals surface area contributed by atoms with Crippen LogP contribution in [0.2, 0.25) is 0 Å². The second-order valence-electron chi connectivity index (χ2n) is 5.47. The molecule has 0 saturated carbocycles. The van der Waals surface area contributed by atoms with Crippen molar-refractivity contribution in [2.45, 2.75) is 47.0 Å². The van der Waals surface area contributed by atoms with E-state index in [2.05, 4.69) is 45.9 Å². The average Bonchev–Trinajstić information content (AvgIpc) is 2.43. The van der Waals surface area contributed by atoms with Gasteiger partial charge in [-0.2, -0.15) is 0 Å². The van der Waals surface area contributed by atoms with Crippen molar-refractivity contribution < 1.29 is 5.11 Å². The normalized spacial score (nSPS) is 29.8. The Balaban J connectivity index is 2.70. The minimum Gasteiger partial charge on any atom is -0.392 e. The number of hydrogen-bond acceptors (Lipinski definition) is 1. The molecular weight excluding hydrogens is 184 g/mol. The summed E-state index contributed by atoms with van der Waals surface area (Å²) in [7, 11) is 0. The number of hydrogen-bond donors (Lipinski definition) is 1. The molecule has 0 saturated heterocycles. The van der Waals surface area contributed by atoms with Gasteiger partial charge in [0.1, 0.15) is 0 Å². The van der Waals surface area contributed by atoms with Gasteiger partial charge in [-0.3, -0.25) is 0 Å². The molecule has 1 aliphatic carbocycles. The molecule has 0 heterocycles. The Morgan fingerprint density at radius 2 is 2.07 bits per heavy atom. The highest BCUT2D eigenvalue weighted by atomic mass is 16.3. The lowest BCUT2D eigenvalue weighted by molar-refractivity contribution is 0.165. The first kappa shape index (κ1) is 12.5. The van der Waals surface area contributed by atoms with Gasteiger partial charge in [0.15, 0.2) is 0 Å². The molecule has 0 amide bonds. The molecule has 0 aromatic heterocycles. The third kappa shape index (κ3) is 2.52. The average molecular weight is 208 g/mol. The third-order valence-electron chi connectivity index (χ3n) is 4.16. The van der Waals surface area contributed by atoms with Crippen molar-refractivity contribution in [3.63, 3.8) is 0 Å². The van der Waals surface area contributed by atoms with Crippen LogP contribution < -0.4 is 0 Å². The smallest absolute Gasteiger partial charge is 0.0641 e. The van der Waals surface area contributed by atoms with Crippen molar-refractivity contribution in [3.05, 3.63) is 23.8 Å². The van der Waals surface area contributed by atoms with Gasteiger partial charge in [0, 0.05) is 0 Å². The van der Waals surface area contributed by atoms with Crippen LogP contribution in [0.3, 0.4) is 0 Å². The van der Waals surface area contributed by atoms with Crippen LogP contribution in [0.25, 0.3) is 0 Å². The first-order chi connectivity index (χ1) is 6.95. The van der Waals surface area contributed by atoms with Crippen LogP contribution in [-0.2, 0) is 0 Å². The van der Waals surface area contributed by atoms with Gasteiger partial charge in [-0.1, -0.05) is 45.9 Å². The summed E-state index contributed by atoms with van der Waals surface area (Å²) < 4.78 is 0. The molecule has 0 radical (unpaired) electrons. The standard InChI is InChI=1S/C14H24O/c1-5-12(11-15)7-10-14(4)9-6-8-13(14,2)3/h6-8,15H,5,9-11H2,1-4H3/b12-7+. The topological polar surface area (TPSA) is 20.2 Å². The highest BCUT2D eigenvalue weighted by molar-refractivity contribution is 5.16. The summed E-state index contributed by atoms with van der Waals surface area (Å²) in [6.07, 6.45) is 10.0. The zero-order valence-corrected chi connectivity index (χ0v) is 10.5. The van der Waals surface area contributed by atoms with E-state index in [1.807, 2.05) is 0 Å². The van der Waals surface area contributed by atoms with Gasteiger partial charge in [0.25, 0.3) is 0 Å². The lowest BCUT2D eigenvalue weighted by atomic mass is 9.67. The maximum atomic E-state index is 9.13. The van der Waals surface area contributed by atoms with E-state index in [9.17, 15) is 0 Å². The largest absolute Gasteiger partial charge is 0.392 e. The quantitative estimate of drug-likeness (QED) is 0.698. The fourth-order valence-electron chi connectivity index (χ4n) is 2.11. The van der Waals surface area contributed by atoms with Crippen molar-refractivity contribution in [2.75, 3.05) is 6.61 Å². The summed E-state index contributed by atoms with van der Waals surface area (Å²) in [6.45, 7) is 9.25. The van der Waals surface area contributed by atoms with E-state index in [1.165, 1.54) is 5.57 Å². The van der Waals surface area contributed by atoms with Gasteiger partial charge in [-0.25, -0.2) is 0 Å². The summed E-state index contributed by atoms with van der Waals surface area (Å²) >= 11 is 0. The number of allylic oxidation sites excluding steroid dienone is 3. The Hall–Kier alpha value is -0.560. The lowest BCUT2D eigenvalue weighted by Gasteiger charge is -2.37. The van der Waals surface area contributed by atoms with Crippen molar-refractivity contribution in [3.8, 4) is 0 Å². The number of rotatable bonds is 4. The molecule has 86 valence electrons. The van der Waals surface area contributed by atoms with Crippen molar-refractivity contribution in [1.82, 2.24) is 0 Å². The molecule has 1 nitrogen and oxygen atoms in total. The van der Waals surface area contributed by atoms with Crippen LogP contribution in [0.4, 0.5) is 0 Å². The zero-order chi connectivity index (χ0) is 11.5. The fraction of sp³-hybridized carbons (Fsp3) is 0.714. The van der Waals surface area contributed by atoms with Gasteiger partial charge in [-0.15, -0.1) is 0 Å². The molecule has 0 bridgehead atoms. The molecule has 15 heavy (non-hydrogen) atoms. The Morgan fingerprint density at radius 1 is 1.40 bits per heavy atom. The SMILES string of the molecule is CC/C(=C\CC1(C)CC=CC1(C)C)CO. The molecular formula is C14H24O. The second-order valence-corrected chi connectivity index (χ2v) is 5.47. The molecule has 0 aromatic carbocycles. The second kappa shape index (κ2) is 4.52. The summed E-state index contributed by atoms with van der Waals surface area (Å²) in [5, 5.41) is 9.13. The maximum Gasteiger partial charge on any atom is 0.0641 e. The van der Waals surface area contributed by atoms with E-state index in [0.717, 1.165) is 19.3 Å². The predicted molar refractivity (Wildman–Crippen MR) is 65.7 cm³/mol. The molecule has 0 aromatic rings. The molecule has 1 rings (SSSR count). The predicted octanol–water partition coefficient (Wildman–Crippen LogP) is 3.70. The molecule has 0 aliphatic heterocycles. The summed E-state index contributed by atoms with van der Waals surface area (Å²) in [5.74, 6) is 0. The van der Waals surface area contributed by atoms with E-state index < -0.39 is 0 Å². The maximum absolute atomic E-state index is 9.13. The Kier molecular flexibility index (Phi) is 3.77. The van der Waals surface area contributed by atoms with E-state index in [1.54, 1.807) is 0 Å². The molecule has 0 spiro atoms. The number of aliphatic hydroxyl groups is 1. The van der Waals surface area contributed by atoms with Gasteiger partial charge in [0.05, 0.1) is 6.61 Å². The summed E-state index contributed by atoms with van der Waals surface area (Å²) in [5.41, 5.74) is 1.76. The van der Waals surface area contributed by atoms with Crippen LogP contribution in [0.1, 0.15) is 47.0 Å². The Morgan fingerprint density at radius 3 is 2.47 bits per heavy atom. The summed E-state index contributed by atoms with van der Waals surface area (Å²) in [4.78, 5) is 0. The highest BCUT2D eigenvalue weighted by Gasteiger charge is 2.40. The zero-order valence-electron chi connectivity index (χ0n) is 10.5. The first-order valence-electron chi connectivity index (χ1n) is 5.91. The fourth-order valence-corrected chi connectivity index (χ4v) is 2.11. The molecule has 1 atom stereocenters. The van der Waals surface area contributed by atoms with E-state index in [4.69, 9.17) is 5.11 Å². The van der Waals surface area contributed by atoms with Gasteiger partial charge >= 0.3 is 0 Å². The minimum absolute atomic E-state index is 0.209. The summed E-state index contributed by atoms with van der Waals surface area (Å²) in [6, 6.07) is 0. The van der Waals surface area contributed by atoms with Crippen molar-refractivity contribution >= 4 is 0 Å². The lowest BCUT2D eigenvalue weighted by Crippen LogP contribution is -2.29. The van der Waals surface area contributed by atoms with Crippen LogP contribution >= 0.6 is 0 Å². The van der Waals surface area contributed by atoms with Gasteiger partial charge < -0.3 is 5.11 Å². The molecule has 1 unspecified atom stereocenters. The van der Waals surface area contributed by atoms with Gasteiger partial charge in [0.2, 0.25) is 0 Å². The number of aliphatic hydroxyl groups excluding tert-OH is 1. The highest BCUT2D eigenvalue weighted by Crippen LogP contribution is 2.50. The monoisotopic (exact) mass is 208 g/mol. The molecule has 1 heteroatoms. The minimum atomic E-state index is 0.209. The first-order valence-corrected chi connectivity index (χ1v) is 5.91. The van der Waals surface area contributed by atoms with Crippen LogP contribution in [0.5, 0.6) is 0 Å². The van der Waals surface area contributed by atoms with Crippen LogP contribution in [0.15, 0.2) is 23.8 Å². The molecule has 0 fully saturated rings. The van der Waals surface area contributed by atoms with Crippen LogP contribution in [-0.4, -0.2) is 11.7 Å². The van der Waals surface area contributed by atoms with Crippen molar-refractivity contribution in [1.29, 1.82) is 0 Å². The van der Waals surface area contributed by atoms with E-state index in [0.29, 0.717) is 5.41 Å².